The van der Waals surface area contributed by atoms with E-state index in [-0.39, 0.29) is 16.9 Å². The third-order valence-electron chi connectivity index (χ3n) is 3.59. The van der Waals surface area contributed by atoms with Gasteiger partial charge in [0.15, 0.2) is 10.6 Å². The van der Waals surface area contributed by atoms with E-state index in [1.54, 1.807) is 30.0 Å². The average molecular weight is 402 g/mol. The molecular weight excluding hydrogens is 386 g/mol. The lowest BCUT2D eigenvalue weighted by Gasteiger charge is -2.05. The van der Waals surface area contributed by atoms with Gasteiger partial charge in [0.25, 0.3) is 5.91 Å². The van der Waals surface area contributed by atoms with Crippen LogP contribution in [0.5, 0.6) is 0 Å². The molecule has 0 N–H and O–H groups in total. The Labute approximate surface area is 163 Å². The van der Waals surface area contributed by atoms with Crippen LogP contribution >= 0.6 is 23.1 Å². The largest absolute Gasteiger partial charge is 0.302 e. The topological polar surface area (TPSA) is 34.4 Å². The molecule has 27 heavy (non-hydrogen) atoms. The van der Waals surface area contributed by atoms with Crippen LogP contribution in [0.1, 0.15) is 24.2 Å². The lowest BCUT2D eigenvalue weighted by Crippen LogP contribution is -2.17. The predicted octanol–water partition coefficient (Wildman–Crippen LogP) is 4.86. The fourth-order valence-electron chi connectivity index (χ4n) is 2.58. The minimum absolute atomic E-state index is 0.0257. The number of nitrogens with zero attached hydrogens (tertiary/aromatic N) is 2. The molecule has 0 atom stereocenters. The SMILES string of the molecule is C#CCn1c(=NC(=O)c2cccc(SC(C)C)c2)sc2cc(F)cc(F)c21. The summed E-state index contributed by atoms with van der Waals surface area (Å²) in [5, 5.41) is 0.380. The highest BCUT2D eigenvalue weighted by Crippen LogP contribution is 2.24. The van der Waals surface area contributed by atoms with E-state index in [0.29, 0.717) is 15.5 Å². The van der Waals surface area contributed by atoms with Gasteiger partial charge in [-0.15, -0.1) is 18.2 Å². The van der Waals surface area contributed by atoms with Crippen LogP contribution < -0.4 is 4.80 Å². The number of aromatic nitrogens is 1. The first-order valence-electron chi connectivity index (χ1n) is 8.16. The summed E-state index contributed by atoms with van der Waals surface area (Å²) in [4.78, 5) is 18.0. The Morgan fingerprint density at radius 1 is 1.33 bits per heavy atom. The Balaban J connectivity index is 2.10. The van der Waals surface area contributed by atoms with E-state index >= 15 is 0 Å². The number of halogens is 2. The Morgan fingerprint density at radius 2 is 2.11 bits per heavy atom. The third-order valence-corrected chi connectivity index (χ3v) is 5.62. The van der Waals surface area contributed by atoms with Crippen molar-refractivity contribution in [3.8, 4) is 12.3 Å². The van der Waals surface area contributed by atoms with Gasteiger partial charge in [0.2, 0.25) is 0 Å². The smallest absolute Gasteiger partial charge is 0.279 e. The van der Waals surface area contributed by atoms with E-state index in [1.807, 2.05) is 6.07 Å². The minimum atomic E-state index is -0.735. The monoisotopic (exact) mass is 402 g/mol. The van der Waals surface area contributed by atoms with E-state index in [9.17, 15) is 13.6 Å². The lowest BCUT2D eigenvalue weighted by molar-refractivity contribution is 0.0997. The molecule has 1 aromatic heterocycles. The van der Waals surface area contributed by atoms with Crippen molar-refractivity contribution in [3.05, 3.63) is 58.4 Å². The number of benzene rings is 2. The summed E-state index contributed by atoms with van der Waals surface area (Å²) in [5.74, 6) is 0.539. The molecule has 2 aromatic carbocycles. The number of hydrogen-bond donors (Lipinski definition) is 0. The Kier molecular flexibility index (Phi) is 5.78. The average Bonchev–Trinajstić information content (AvgIpc) is 2.92. The Bertz CT molecular complexity index is 1120. The molecular formula is C20H16F2N2OS2. The zero-order chi connectivity index (χ0) is 19.6. The third kappa shape index (κ3) is 4.29. The minimum Gasteiger partial charge on any atom is -0.302 e. The van der Waals surface area contributed by atoms with Crippen LogP contribution in [0.4, 0.5) is 8.78 Å². The molecule has 1 amide bonds. The van der Waals surface area contributed by atoms with Crippen LogP contribution in [0.25, 0.3) is 10.2 Å². The zero-order valence-corrected chi connectivity index (χ0v) is 16.3. The molecule has 138 valence electrons. The van der Waals surface area contributed by atoms with Crippen LogP contribution in [-0.2, 0) is 6.54 Å². The quantitative estimate of drug-likeness (QED) is 0.462. The normalized spacial score (nSPS) is 11.9. The molecule has 7 heteroatoms. The van der Waals surface area contributed by atoms with Crippen molar-refractivity contribution >= 4 is 39.2 Å². The maximum atomic E-state index is 14.2. The molecule has 0 aliphatic heterocycles. The maximum Gasteiger partial charge on any atom is 0.279 e. The maximum absolute atomic E-state index is 14.2. The van der Waals surface area contributed by atoms with E-state index in [1.165, 1.54) is 10.6 Å². The molecule has 1 heterocycles. The molecule has 0 saturated heterocycles. The number of thiazole rings is 1. The van der Waals surface area contributed by atoms with Crippen LogP contribution in [0, 0.1) is 24.0 Å². The molecule has 0 bridgehead atoms. The first kappa shape index (κ1) is 19.3. The highest BCUT2D eigenvalue weighted by Gasteiger charge is 2.14. The van der Waals surface area contributed by atoms with Crippen LogP contribution in [0.3, 0.4) is 0 Å². The zero-order valence-electron chi connectivity index (χ0n) is 14.7. The molecule has 0 unspecified atom stereocenters. The highest BCUT2D eigenvalue weighted by molar-refractivity contribution is 7.99. The van der Waals surface area contributed by atoms with Crippen molar-refractivity contribution < 1.29 is 13.6 Å². The molecule has 3 rings (SSSR count). The van der Waals surface area contributed by atoms with Gasteiger partial charge in [-0.2, -0.15) is 4.99 Å². The predicted molar refractivity (Wildman–Crippen MR) is 106 cm³/mol. The second kappa shape index (κ2) is 8.07. The molecule has 0 spiro atoms. The Morgan fingerprint density at radius 3 is 2.81 bits per heavy atom. The second-order valence-electron chi connectivity index (χ2n) is 6.02. The van der Waals surface area contributed by atoms with Gasteiger partial charge < -0.3 is 4.57 Å². The second-order valence-corrected chi connectivity index (χ2v) is 8.68. The van der Waals surface area contributed by atoms with Crippen LogP contribution in [0.15, 0.2) is 46.3 Å². The van der Waals surface area contributed by atoms with Crippen LogP contribution in [0.2, 0.25) is 0 Å². The number of fused-ring (bicyclic) bond motifs is 1. The lowest BCUT2D eigenvalue weighted by atomic mass is 10.2. The number of thioether (sulfide) groups is 1. The van der Waals surface area contributed by atoms with Gasteiger partial charge >= 0.3 is 0 Å². The van der Waals surface area contributed by atoms with Crippen molar-refractivity contribution in [2.75, 3.05) is 0 Å². The summed E-state index contributed by atoms with van der Waals surface area (Å²) in [6.07, 6.45) is 5.38. The van der Waals surface area contributed by atoms with Gasteiger partial charge in [0.1, 0.15) is 5.82 Å². The standard InChI is InChI=1S/C20H16F2N2OS2/c1-4-8-24-18-16(22)10-14(21)11-17(18)27-20(24)23-19(25)13-6-5-7-15(9-13)26-12(2)3/h1,5-7,9-12H,8H2,2-3H3. The summed E-state index contributed by atoms with van der Waals surface area (Å²) >= 11 is 2.67. The van der Waals surface area contributed by atoms with Crippen molar-refractivity contribution in [1.82, 2.24) is 4.57 Å². The summed E-state index contributed by atoms with van der Waals surface area (Å²) in [6, 6.07) is 9.17. The van der Waals surface area contributed by atoms with Crippen molar-refractivity contribution in [2.24, 2.45) is 4.99 Å². The molecule has 0 radical (unpaired) electrons. The van der Waals surface area contributed by atoms with E-state index in [2.05, 4.69) is 24.8 Å². The highest BCUT2D eigenvalue weighted by atomic mass is 32.2. The molecule has 3 nitrogen and oxygen atoms in total. The van der Waals surface area contributed by atoms with E-state index < -0.39 is 17.5 Å². The van der Waals surface area contributed by atoms with Crippen molar-refractivity contribution in [1.29, 1.82) is 0 Å². The molecule has 0 saturated carbocycles. The molecule has 0 aliphatic carbocycles. The molecule has 3 aromatic rings. The fourth-order valence-corrected chi connectivity index (χ4v) is 4.54. The number of terminal acetylenes is 1. The first-order chi connectivity index (χ1) is 12.9. The van der Waals surface area contributed by atoms with E-state index in [4.69, 9.17) is 6.42 Å². The van der Waals surface area contributed by atoms with Crippen LogP contribution in [-0.4, -0.2) is 15.7 Å². The van der Waals surface area contributed by atoms with Gasteiger partial charge in [-0.3, -0.25) is 4.79 Å². The molecule has 0 aliphatic rings. The number of carbonyl (C=O) groups is 1. The number of amides is 1. The Hall–Kier alpha value is -2.43. The summed E-state index contributed by atoms with van der Waals surface area (Å²) in [6.45, 7) is 4.16. The van der Waals surface area contributed by atoms with Crippen molar-refractivity contribution in [2.45, 2.75) is 30.5 Å². The number of carbonyl (C=O) groups excluding carboxylic acids is 1. The van der Waals surface area contributed by atoms with Gasteiger partial charge in [-0.05, 0) is 24.3 Å². The first-order valence-corrected chi connectivity index (χ1v) is 9.86. The van der Waals surface area contributed by atoms with E-state index in [0.717, 1.165) is 22.3 Å². The van der Waals surface area contributed by atoms with Gasteiger partial charge in [-0.25, -0.2) is 8.78 Å². The fraction of sp³-hybridized carbons (Fsp3) is 0.200. The molecule has 0 fully saturated rings. The van der Waals surface area contributed by atoms with Gasteiger partial charge in [0.05, 0.1) is 16.8 Å². The van der Waals surface area contributed by atoms with Crippen molar-refractivity contribution in [3.63, 3.8) is 0 Å². The summed E-state index contributed by atoms with van der Waals surface area (Å²) < 4.78 is 29.5. The van der Waals surface area contributed by atoms with Gasteiger partial charge in [-0.1, -0.05) is 37.2 Å². The number of rotatable bonds is 4. The number of hydrogen-bond acceptors (Lipinski definition) is 3. The summed E-state index contributed by atoms with van der Waals surface area (Å²) in [7, 11) is 0. The summed E-state index contributed by atoms with van der Waals surface area (Å²) in [5.41, 5.74) is 0.576. The van der Waals surface area contributed by atoms with Gasteiger partial charge in [0, 0.05) is 21.8 Å².